The Morgan fingerprint density at radius 2 is 1.77 bits per heavy atom. The SMILES string of the molecule is CC(=O)NCCCn1c(-c2ccccc2)cc2ccccc21. The maximum atomic E-state index is 11.0. The lowest BCUT2D eigenvalue weighted by molar-refractivity contribution is -0.118. The van der Waals surface area contributed by atoms with Gasteiger partial charge in [0.05, 0.1) is 0 Å². The Balaban J connectivity index is 1.93. The second-order valence-electron chi connectivity index (χ2n) is 5.44. The van der Waals surface area contributed by atoms with Crippen LogP contribution in [0, 0.1) is 0 Å². The molecule has 0 aliphatic heterocycles. The van der Waals surface area contributed by atoms with Crippen LogP contribution >= 0.6 is 0 Å². The summed E-state index contributed by atoms with van der Waals surface area (Å²) in [6.07, 6.45) is 0.915. The van der Waals surface area contributed by atoms with Crippen molar-refractivity contribution in [3.63, 3.8) is 0 Å². The molecule has 0 fully saturated rings. The number of aromatic nitrogens is 1. The molecule has 3 nitrogen and oxygen atoms in total. The van der Waals surface area contributed by atoms with Crippen molar-refractivity contribution in [2.75, 3.05) is 6.54 Å². The number of amides is 1. The third kappa shape index (κ3) is 3.03. The van der Waals surface area contributed by atoms with E-state index in [1.807, 2.05) is 6.07 Å². The molecule has 3 rings (SSSR count). The third-order valence-electron chi connectivity index (χ3n) is 3.81. The molecule has 1 N–H and O–H groups in total. The molecule has 0 unspecified atom stereocenters. The second kappa shape index (κ2) is 6.48. The molecule has 0 bridgehead atoms. The molecule has 0 aliphatic carbocycles. The van der Waals surface area contributed by atoms with Crippen molar-refractivity contribution < 1.29 is 4.79 Å². The minimum absolute atomic E-state index is 0.0284. The molecule has 1 aromatic heterocycles. The van der Waals surface area contributed by atoms with Crippen LogP contribution in [-0.2, 0) is 11.3 Å². The van der Waals surface area contributed by atoms with Gasteiger partial charge in [-0.1, -0.05) is 48.5 Å². The van der Waals surface area contributed by atoms with E-state index in [0.29, 0.717) is 6.54 Å². The van der Waals surface area contributed by atoms with Crippen molar-refractivity contribution in [2.45, 2.75) is 19.9 Å². The zero-order chi connectivity index (χ0) is 15.4. The number of nitrogens with zero attached hydrogens (tertiary/aromatic N) is 1. The van der Waals surface area contributed by atoms with Gasteiger partial charge in [0.1, 0.15) is 0 Å². The number of carbonyl (C=O) groups is 1. The lowest BCUT2D eigenvalue weighted by Crippen LogP contribution is -2.22. The second-order valence-corrected chi connectivity index (χ2v) is 5.44. The third-order valence-corrected chi connectivity index (χ3v) is 3.81. The number of hydrogen-bond donors (Lipinski definition) is 1. The molecule has 1 amide bonds. The fraction of sp³-hybridized carbons (Fsp3) is 0.211. The van der Waals surface area contributed by atoms with Gasteiger partial charge in [0.25, 0.3) is 0 Å². The van der Waals surface area contributed by atoms with E-state index in [1.165, 1.54) is 22.2 Å². The predicted octanol–water partition coefficient (Wildman–Crippen LogP) is 3.83. The van der Waals surface area contributed by atoms with Crippen LogP contribution in [0.5, 0.6) is 0 Å². The quantitative estimate of drug-likeness (QED) is 0.712. The minimum Gasteiger partial charge on any atom is -0.356 e. The van der Waals surface area contributed by atoms with Crippen molar-refractivity contribution in [2.24, 2.45) is 0 Å². The molecule has 0 aliphatic rings. The summed E-state index contributed by atoms with van der Waals surface area (Å²) in [7, 11) is 0. The van der Waals surface area contributed by atoms with Crippen LogP contribution in [0.1, 0.15) is 13.3 Å². The highest BCUT2D eigenvalue weighted by Gasteiger charge is 2.09. The van der Waals surface area contributed by atoms with E-state index in [9.17, 15) is 4.79 Å². The van der Waals surface area contributed by atoms with Crippen molar-refractivity contribution in [1.29, 1.82) is 0 Å². The Bertz CT molecular complexity index is 774. The zero-order valence-corrected chi connectivity index (χ0v) is 12.8. The van der Waals surface area contributed by atoms with Gasteiger partial charge in [-0.05, 0) is 24.1 Å². The van der Waals surface area contributed by atoms with E-state index in [2.05, 4.69) is 64.5 Å². The van der Waals surface area contributed by atoms with E-state index in [4.69, 9.17) is 0 Å². The van der Waals surface area contributed by atoms with Crippen molar-refractivity contribution >= 4 is 16.8 Å². The standard InChI is InChI=1S/C19H20N2O/c1-15(22)20-12-7-13-21-18-11-6-5-10-17(18)14-19(21)16-8-3-2-4-9-16/h2-6,8-11,14H,7,12-13H2,1H3,(H,20,22). The molecule has 0 saturated carbocycles. The molecule has 0 radical (unpaired) electrons. The van der Waals surface area contributed by atoms with Gasteiger partial charge in [0, 0.05) is 36.6 Å². The number of nitrogens with one attached hydrogen (secondary N) is 1. The Morgan fingerprint density at radius 3 is 2.55 bits per heavy atom. The first-order valence-corrected chi connectivity index (χ1v) is 7.64. The fourth-order valence-electron chi connectivity index (χ4n) is 2.80. The number of para-hydroxylation sites is 1. The van der Waals surface area contributed by atoms with Crippen molar-refractivity contribution in [3.05, 3.63) is 60.7 Å². The maximum Gasteiger partial charge on any atom is 0.216 e. The van der Waals surface area contributed by atoms with Crippen LogP contribution in [-0.4, -0.2) is 17.0 Å². The Labute approximate surface area is 130 Å². The summed E-state index contributed by atoms with van der Waals surface area (Å²) in [6.45, 7) is 3.15. The predicted molar refractivity (Wildman–Crippen MR) is 90.7 cm³/mol. The molecule has 0 atom stereocenters. The summed E-state index contributed by atoms with van der Waals surface area (Å²) in [5.74, 6) is 0.0284. The van der Waals surface area contributed by atoms with E-state index >= 15 is 0 Å². The molecule has 3 aromatic rings. The first-order valence-electron chi connectivity index (χ1n) is 7.64. The normalized spacial score (nSPS) is 10.8. The molecular formula is C19H20N2O. The van der Waals surface area contributed by atoms with Crippen LogP contribution in [0.15, 0.2) is 60.7 Å². The average Bonchev–Trinajstić information content (AvgIpc) is 2.91. The number of hydrogen-bond acceptors (Lipinski definition) is 1. The van der Waals surface area contributed by atoms with Crippen LogP contribution in [0.3, 0.4) is 0 Å². The highest BCUT2D eigenvalue weighted by Crippen LogP contribution is 2.28. The first kappa shape index (κ1) is 14.4. The number of benzene rings is 2. The van der Waals surface area contributed by atoms with Gasteiger partial charge in [0.2, 0.25) is 5.91 Å². The van der Waals surface area contributed by atoms with Crippen LogP contribution in [0.4, 0.5) is 0 Å². The van der Waals surface area contributed by atoms with E-state index in [-0.39, 0.29) is 5.91 Å². The molecular weight excluding hydrogens is 272 g/mol. The summed E-state index contributed by atoms with van der Waals surface area (Å²) < 4.78 is 2.34. The Morgan fingerprint density at radius 1 is 1.05 bits per heavy atom. The highest BCUT2D eigenvalue weighted by atomic mass is 16.1. The summed E-state index contributed by atoms with van der Waals surface area (Å²) in [6, 6.07) is 21.1. The summed E-state index contributed by atoms with van der Waals surface area (Å²) >= 11 is 0. The lowest BCUT2D eigenvalue weighted by atomic mass is 10.1. The molecule has 112 valence electrons. The zero-order valence-electron chi connectivity index (χ0n) is 12.8. The van der Waals surface area contributed by atoms with E-state index in [1.54, 1.807) is 6.92 Å². The summed E-state index contributed by atoms with van der Waals surface area (Å²) in [4.78, 5) is 11.0. The molecule has 1 heterocycles. The molecule has 0 spiro atoms. The topological polar surface area (TPSA) is 34.0 Å². The minimum atomic E-state index is 0.0284. The fourth-order valence-corrected chi connectivity index (χ4v) is 2.80. The summed E-state index contributed by atoms with van der Waals surface area (Å²) in [5.41, 5.74) is 3.69. The molecule has 3 heteroatoms. The van der Waals surface area contributed by atoms with Crippen molar-refractivity contribution in [3.8, 4) is 11.3 Å². The Hall–Kier alpha value is -2.55. The molecule has 2 aromatic carbocycles. The monoisotopic (exact) mass is 292 g/mol. The average molecular weight is 292 g/mol. The van der Waals surface area contributed by atoms with Crippen molar-refractivity contribution in [1.82, 2.24) is 9.88 Å². The van der Waals surface area contributed by atoms with Gasteiger partial charge in [-0.25, -0.2) is 0 Å². The van der Waals surface area contributed by atoms with Gasteiger partial charge >= 0.3 is 0 Å². The van der Waals surface area contributed by atoms with Crippen LogP contribution in [0.2, 0.25) is 0 Å². The van der Waals surface area contributed by atoms with E-state index in [0.717, 1.165) is 13.0 Å². The van der Waals surface area contributed by atoms with Gasteiger partial charge < -0.3 is 9.88 Å². The van der Waals surface area contributed by atoms with Crippen LogP contribution in [0.25, 0.3) is 22.2 Å². The summed E-state index contributed by atoms with van der Waals surface area (Å²) in [5, 5.41) is 4.11. The Kier molecular flexibility index (Phi) is 4.24. The number of rotatable bonds is 5. The largest absolute Gasteiger partial charge is 0.356 e. The smallest absolute Gasteiger partial charge is 0.216 e. The van der Waals surface area contributed by atoms with Gasteiger partial charge in [-0.15, -0.1) is 0 Å². The molecule has 0 saturated heterocycles. The van der Waals surface area contributed by atoms with Gasteiger partial charge in [0.15, 0.2) is 0 Å². The lowest BCUT2D eigenvalue weighted by Gasteiger charge is -2.11. The first-order chi connectivity index (χ1) is 10.8. The molecule has 22 heavy (non-hydrogen) atoms. The highest BCUT2D eigenvalue weighted by molar-refractivity contribution is 5.87. The number of fused-ring (bicyclic) bond motifs is 1. The van der Waals surface area contributed by atoms with Crippen LogP contribution < -0.4 is 5.32 Å². The van der Waals surface area contributed by atoms with Gasteiger partial charge in [-0.3, -0.25) is 4.79 Å². The maximum absolute atomic E-state index is 11.0. The number of aryl methyl sites for hydroxylation is 1. The number of carbonyl (C=O) groups excluding carboxylic acids is 1. The van der Waals surface area contributed by atoms with Gasteiger partial charge in [-0.2, -0.15) is 0 Å². The van der Waals surface area contributed by atoms with E-state index < -0.39 is 0 Å².